The van der Waals surface area contributed by atoms with Gasteiger partial charge in [0, 0.05) is 19.2 Å². The largest absolute Gasteiger partial charge is 0.243 e. The third-order valence-electron chi connectivity index (χ3n) is 4.34. The highest BCUT2D eigenvalue weighted by Gasteiger charge is 2.35. The van der Waals surface area contributed by atoms with E-state index in [0.29, 0.717) is 11.6 Å². The zero-order valence-corrected chi connectivity index (χ0v) is 15.3. The third kappa shape index (κ3) is 3.79. The molecule has 140 valence electrons. The molecule has 1 heterocycles. The van der Waals surface area contributed by atoms with Crippen molar-refractivity contribution in [2.45, 2.75) is 16.6 Å². The van der Waals surface area contributed by atoms with Crippen LogP contribution in [0.1, 0.15) is 17.2 Å². The van der Waals surface area contributed by atoms with E-state index >= 15 is 0 Å². The Balaban J connectivity index is 1.92. The molecule has 0 spiro atoms. The SMILES string of the molecule is O=S1(=O)CCN(S(=O)(=O)c2cc(F)cc(F)c2)CCC1c1ccccc1. The lowest BCUT2D eigenvalue weighted by molar-refractivity contribution is 0.427. The molecule has 0 bridgehead atoms. The van der Waals surface area contributed by atoms with Crippen LogP contribution in [0.25, 0.3) is 0 Å². The summed E-state index contributed by atoms with van der Waals surface area (Å²) in [5, 5.41) is -0.812. The molecule has 26 heavy (non-hydrogen) atoms. The predicted octanol–water partition coefficient (Wildman–Crippen LogP) is 2.52. The molecular weight excluding hydrogens is 384 g/mol. The van der Waals surface area contributed by atoms with Gasteiger partial charge < -0.3 is 0 Å². The highest BCUT2D eigenvalue weighted by Crippen LogP contribution is 2.31. The fraction of sp³-hybridized carbons (Fsp3) is 0.294. The van der Waals surface area contributed by atoms with E-state index in [0.717, 1.165) is 16.4 Å². The van der Waals surface area contributed by atoms with Gasteiger partial charge in [-0.2, -0.15) is 4.31 Å². The Labute approximate surface area is 151 Å². The van der Waals surface area contributed by atoms with E-state index in [1.165, 1.54) is 0 Å². The van der Waals surface area contributed by atoms with Crippen molar-refractivity contribution in [2.24, 2.45) is 0 Å². The predicted molar refractivity (Wildman–Crippen MR) is 92.7 cm³/mol. The molecule has 0 aromatic heterocycles. The summed E-state index contributed by atoms with van der Waals surface area (Å²) in [5.41, 5.74) is 0.601. The van der Waals surface area contributed by atoms with Crippen molar-refractivity contribution in [3.05, 3.63) is 65.7 Å². The lowest BCUT2D eigenvalue weighted by atomic mass is 10.1. The Morgan fingerprint density at radius 1 is 0.962 bits per heavy atom. The summed E-state index contributed by atoms with van der Waals surface area (Å²) in [5.74, 6) is -2.37. The zero-order chi connectivity index (χ0) is 18.9. The first-order valence-corrected chi connectivity index (χ1v) is 11.1. The molecule has 3 rings (SSSR count). The molecule has 1 aliphatic heterocycles. The Hall–Kier alpha value is -1.84. The van der Waals surface area contributed by atoms with Gasteiger partial charge in [0.05, 0.1) is 15.9 Å². The smallest absolute Gasteiger partial charge is 0.228 e. The summed E-state index contributed by atoms with van der Waals surface area (Å²) >= 11 is 0. The molecule has 1 fully saturated rings. The van der Waals surface area contributed by atoms with E-state index in [1.807, 2.05) is 0 Å². The maximum absolute atomic E-state index is 13.4. The lowest BCUT2D eigenvalue weighted by Crippen LogP contribution is -2.33. The average molecular weight is 401 g/mol. The topological polar surface area (TPSA) is 71.5 Å². The van der Waals surface area contributed by atoms with Crippen LogP contribution in [0.4, 0.5) is 8.78 Å². The van der Waals surface area contributed by atoms with Crippen LogP contribution in [0.2, 0.25) is 0 Å². The van der Waals surface area contributed by atoms with Gasteiger partial charge in [0.25, 0.3) is 0 Å². The Morgan fingerprint density at radius 2 is 1.58 bits per heavy atom. The zero-order valence-electron chi connectivity index (χ0n) is 13.7. The van der Waals surface area contributed by atoms with Gasteiger partial charge in [-0.15, -0.1) is 0 Å². The average Bonchev–Trinajstić information content (AvgIpc) is 2.73. The van der Waals surface area contributed by atoms with Gasteiger partial charge in [0.2, 0.25) is 10.0 Å². The van der Waals surface area contributed by atoms with E-state index in [2.05, 4.69) is 0 Å². The van der Waals surface area contributed by atoms with Crippen molar-refractivity contribution in [3.8, 4) is 0 Å². The van der Waals surface area contributed by atoms with Crippen molar-refractivity contribution in [1.29, 1.82) is 0 Å². The summed E-state index contributed by atoms with van der Waals surface area (Å²) in [4.78, 5) is -0.523. The molecule has 2 aromatic carbocycles. The molecule has 1 saturated heterocycles. The van der Waals surface area contributed by atoms with Crippen LogP contribution in [0.5, 0.6) is 0 Å². The molecule has 1 atom stereocenters. The normalized spacial score (nSPS) is 21.2. The van der Waals surface area contributed by atoms with Crippen LogP contribution in [-0.2, 0) is 19.9 Å². The number of halogens is 2. The first-order valence-electron chi connectivity index (χ1n) is 7.93. The first-order chi connectivity index (χ1) is 12.2. The van der Waals surface area contributed by atoms with E-state index in [4.69, 9.17) is 0 Å². The van der Waals surface area contributed by atoms with Crippen LogP contribution >= 0.6 is 0 Å². The van der Waals surface area contributed by atoms with Gasteiger partial charge in [-0.3, -0.25) is 0 Å². The van der Waals surface area contributed by atoms with Gasteiger partial charge in [-0.1, -0.05) is 30.3 Å². The second kappa shape index (κ2) is 7.05. The highest BCUT2D eigenvalue weighted by molar-refractivity contribution is 7.92. The molecule has 0 amide bonds. The molecule has 0 radical (unpaired) electrons. The first kappa shape index (κ1) is 18.9. The lowest BCUT2D eigenvalue weighted by Gasteiger charge is -2.19. The Morgan fingerprint density at radius 3 is 2.19 bits per heavy atom. The second-order valence-corrected chi connectivity index (χ2v) is 10.3. The number of sulfonamides is 1. The summed E-state index contributed by atoms with van der Waals surface area (Å²) < 4.78 is 78.3. The quantitative estimate of drug-likeness (QED) is 0.792. The monoisotopic (exact) mass is 401 g/mol. The number of rotatable bonds is 3. The fourth-order valence-electron chi connectivity index (χ4n) is 3.03. The minimum Gasteiger partial charge on any atom is -0.228 e. The number of sulfone groups is 1. The van der Waals surface area contributed by atoms with E-state index < -0.39 is 41.6 Å². The van der Waals surface area contributed by atoms with Crippen molar-refractivity contribution in [1.82, 2.24) is 4.31 Å². The number of hydrogen-bond donors (Lipinski definition) is 0. The van der Waals surface area contributed by atoms with Crippen LogP contribution in [0.3, 0.4) is 0 Å². The summed E-state index contributed by atoms with van der Waals surface area (Å²) in [6.45, 7) is -0.314. The molecule has 0 aliphatic carbocycles. The Bertz CT molecular complexity index is 988. The van der Waals surface area contributed by atoms with E-state index in [-0.39, 0.29) is 25.3 Å². The number of nitrogens with zero attached hydrogens (tertiary/aromatic N) is 1. The van der Waals surface area contributed by atoms with Crippen LogP contribution < -0.4 is 0 Å². The number of hydrogen-bond acceptors (Lipinski definition) is 4. The highest BCUT2D eigenvalue weighted by atomic mass is 32.2. The van der Waals surface area contributed by atoms with Crippen molar-refractivity contribution in [2.75, 3.05) is 18.8 Å². The minimum atomic E-state index is -4.20. The molecule has 1 unspecified atom stereocenters. The van der Waals surface area contributed by atoms with E-state index in [9.17, 15) is 25.6 Å². The molecular formula is C17H17F2NO4S2. The Kier molecular flexibility index (Phi) is 5.14. The number of benzene rings is 2. The minimum absolute atomic E-state index is 0.0563. The molecule has 5 nitrogen and oxygen atoms in total. The molecule has 9 heteroatoms. The maximum atomic E-state index is 13.4. The summed E-state index contributed by atoms with van der Waals surface area (Å²) in [6.07, 6.45) is 0.0728. The van der Waals surface area contributed by atoms with Crippen LogP contribution in [-0.4, -0.2) is 40.0 Å². The van der Waals surface area contributed by atoms with Gasteiger partial charge in [0.15, 0.2) is 9.84 Å². The van der Waals surface area contributed by atoms with Gasteiger partial charge in [0.1, 0.15) is 11.6 Å². The van der Waals surface area contributed by atoms with Gasteiger partial charge in [-0.25, -0.2) is 25.6 Å². The van der Waals surface area contributed by atoms with Crippen LogP contribution in [0, 0.1) is 11.6 Å². The standard InChI is InChI=1S/C17H17F2NO4S2/c18-14-10-15(19)12-16(11-14)26(23,24)20-7-6-17(25(21,22)9-8-20)13-4-2-1-3-5-13/h1-5,10-12,17H,6-9H2. The third-order valence-corrected chi connectivity index (χ3v) is 8.35. The molecule has 0 N–H and O–H groups in total. The van der Waals surface area contributed by atoms with E-state index in [1.54, 1.807) is 30.3 Å². The summed E-state index contributed by atoms with van der Waals surface area (Å²) in [7, 11) is -7.76. The van der Waals surface area contributed by atoms with Gasteiger partial charge >= 0.3 is 0 Å². The van der Waals surface area contributed by atoms with Crippen LogP contribution in [0.15, 0.2) is 53.4 Å². The molecule has 0 saturated carbocycles. The summed E-state index contributed by atoms with van der Waals surface area (Å²) in [6, 6.07) is 10.6. The molecule has 2 aromatic rings. The van der Waals surface area contributed by atoms with Crippen molar-refractivity contribution >= 4 is 19.9 Å². The van der Waals surface area contributed by atoms with Crippen molar-refractivity contribution < 1.29 is 25.6 Å². The van der Waals surface area contributed by atoms with Gasteiger partial charge in [-0.05, 0) is 24.1 Å². The fourth-order valence-corrected chi connectivity index (χ4v) is 6.44. The molecule has 1 aliphatic rings. The maximum Gasteiger partial charge on any atom is 0.243 e. The van der Waals surface area contributed by atoms with Crippen molar-refractivity contribution in [3.63, 3.8) is 0 Å². The second-order valence-electron chi connectivity index (χ2n) is 6.06.